The van der Waals surface area contributed by atoms with Crippen LogP contribution in [0.3, 0.4) is 0 Å². The molecule has 1 aliphatic rings. The van der Waals surface area contributed by atoms with Gasteiger partial charge in [0.05, 0.1) is 5.69 Å². The fraction of sp³-hybridized carbons (Fsp3) is 0.286. The molecule has 0 bridgehead atoms. The largest absolute Gasteiger partial charge is 0.350 e. The van der Waals surface area contributed by atoms with E-state index in [0.29, 0.717) is 17.6 Å². The molecule has 1 N–H and O–H groups in total. The van der Waals surface area contributed by atoms with Crippen molar-refractivity contribution in [1.29, 1.82) is 0 Å². The molecule has 98 valence electrons. The molecule has 0 fully saturated rings. The summed E-state index contributed by atoms with van der Waals surface area (Å²) in [4.78, 5) is 8.84. The van der Waals surface area contributed by atoms with E-state index in [9.17, 15) is 0 Å². The molecule has 3 nitrogen and oxygen atoms in total. The number of aromatic nitrogens is 2. The van der Waals surface area contributed by atoms with E-state index in [0.717, 1.165) is 35.0 Å². The third-order valence-electron chi connectivity index (χ3n) is 3.25. The minimum atomic E-state index is 0.598. The van der Waals surface area contributed by atoms with Crippen LogP contribution in [-0.2, 0) is 19.4 Å². The van der Waals surface area contributed by atoms with Crippen molar-refractivity contribution in [3.8, 4) is 0 Å². The fourth-order valence-corrected chi connectivity index (χ4v) is 2.80. The van der Waals surface area contributed by atoms with Crippen molar-refractivity contribution < 1.29 is 0 Å². The number of nitrogens with zero attached hydrogens (tertiary/aromatic N) is 2. The molecule has 1 heterocycles. The number of halogens is 2. The lowest BCUT2D eigenvalue weighted by molar-refractivity contribution is 0.898. The van der Waals surface area contributed by atoms with Crippen molar-refractivity contribution in [3.63, 3.8) is 0 Å². The third-order valence-corrected chi connectivity index (χ3v) is 4.09. The van der Waals surface area contributed by atoms with Crippen molar-refractivity contribution >= 4 is 33.5 Å². The Morgan fingerprint density at radius 1 is 1.16 bits per heavy atom. The molecular weight excluding hydrogens is 326 g/mol. The van der Waals surface area contributed by atoms with Crippen LogP contribution in [0, 0.1) is 0 Å². The standard InChI is InChI=1S/C14H13BrClN3/c15-10-6-4-9(5-7-10)8-17-14-18-12-3-1-2-11(12)13(16)19-14/h4-7H,1-3,8H2,(H,17,18,19). The SMILES string of the molecule is Clc1nc(NCc2ccc(Br)cc2)nc2c1CCC2. The number of anilines is 1. The molecule has 0 spiro atoms. The van der Waals surface area contributed by atoms with E-state index in [4.69, 9.17) is 11.6 Å². The van der Waals surface area contributed by atoms with Gasteiger partial charge in [0, 0.05) is 16.6 Å². The second-order valence-corrected chi connectivity index (χ2v) is 5.87. The van der Waals surface area contributed by atoms with Gasteiger partial charge >= 0.3 is 0 Å². The highest BCUT2D eigenvalue weighted by Crippen LogP contribution is 2.27. The first-order valence-corrected chi connectivity index (χ1v) is 7.43. The number of benzene rings is 1. The van der Waals surface area contributed by atoms with Crippen LogP contribution in [0.1, 0.15) is 23.2 Å². The van der Waals surface area contributed by atoms with Gasteiger partial charge in [-0.1, -0.05) is 39.7 Å². The Morgan fingerprint density at radius 3 is 2.74 bits per heavy atom. The minimum absolute atomic E-state index is 0.598. The molecule has 0 atom stereocenters. The first-order valence-electron chi connectivity index (χ1n) is 6.26. The second-order valence-electron chi connectivity index (χ2n) is 4.60. The van der Waals surface area contributed by atoms with E-state index in [1.165, 1.54) is 5.56 Å². The van der Waals surface area contributed by atoms with Crippen LogP contribution in [0.15, 0.2) is 28.7 Å². The lowest BCUT2D eigenvalue weighted by Gasteiger charge is -2.08. The average molecular weight is 339 g/mol. The van der Waals surface area contributed by atoms with Crippen LogP contribution in [-0.4, -0.2) is 9.97 Å². The Balaban J connectivity index is 1.73. The highest BCUT2D eigenvalue weighted by atomic mass is 79.9. The number of nitrogens with one attached hydrogen (secondary N) is 1. The molecule has 0 saturated heterocycles. The van der Waals surface area contributed by atoms with Gasteiger partial charge in [0.2, 0.25) is 5.95 Å². The molecule has 19 heavy (non-hydrogen) atoms. The molecule has 3 rings (SSSR count). The van der Waals surface area contributed by atoms with Crippen LogP contribution in [0.2, 0.25) is 5.15 Å². The quantitative estimate of drug-likeness (QED) is 0.860. The molecule has 1 aromatic carbocycles. The Labute approximate surface area is 125 Å². The van der Waals surface area contributed by atoms with Crippen LogP contribution >= 0.6 is 27.5 Å². The number of fused-ring (bicyclic) bond motifs is 1. The van der Waals surface area contributed by atoms with Crippen molar-refractivity contribution in [3.05, 3.63) is 50.7 Å². The molecular formula is C14H13BrClN3. The van der Waals surface area contributed by atoms with Gasteiger partial charge in [0.1, 0.15) is 5.15 Å². The van der Waals surface area contributed by atoms with Crippen molar-refractivity contribution in [2.45, 2.75) is 25.8 Å². The molecule has 0 aliphatic heterocycles. The zero-order valence-electron chi connectivity index (χ0n) is 10.3. The van der Waals surface area contributed by atoms with E-state index in [2.05, 4.69) is 43.3 Å². The smallest absolute Gasteiger partial charge is 0.224 e. The van der Waals surface area contributed by atoms with Gasteiger partial charge in [0.25, 0.3) is 0 Å². The Kier molecular flexibility index (Phi) is 3.71. The lowest BCUT2D eigenvalue weighted by Crippen LogP contribution is -2.06. The lowest BCUT2D eigenvalue weighted by atomic mass is 10.2. The average Bonchev–Trinajstić information content (AvgIpc) is 2.87. The summed E-state index contributed by atoms with van der Waals surface area (Å²) >= 11 is 9.60. The maximum Gasteiger partial charge on any atom is 0.224 e. The normalized spacial score (nSPS) is 13.4. The summed E-state index contributed by atoms with van der Waals surface area (Å²) in [6.45, 7) is 0.697. The first kappa shape index (κ1) is 12.9. The van der Waals surface area contributed by atoms with E-state index >= 15 is 0 Å². The van der Waals surface area contributed by atoms with Crippen LogP contribution < -0.4 is 5.32 Å². The molecule has 5 heteroatoms. The number of rotatable bonds is 3. The summed E-state index contributed by atoms with van der Waals surface area (Å²) < 4.78 is 1.08. The second kappa shape index (κ2) is 5.47. The summed E-state index contributed by atoms with van der Waals surface area (Å²) in [6.07, 6.45) is 3.13. The van der Waals surface area contributed by atoms with Gasteiger partial charge in [-0.15, -0.1) is 0 Å². The van der Waals surface area contributed by atoms with Gasteiger partial charge in [-0.05, 0) is 37.0 Å². The van der Waals surface area contributed by atoms with Crippen LogP contribution in [0.5, 0.6) is 0 Å². The summed E-state index contributed by atoms with van der Waals surface area (Å²) in [7, 11) is 0. The number of hydrogen-bond acceptors (Lipinski definition) is 3. The Hall–Kier alpha value is -1.13. The zero-order valence-corrected chi connectivity index (χ0v) is 12.6. The van der Waals surface area contributed by atoms with E-state index in [1.807, 2.05) is 12.1 Å². The maximum atomic E-state index is 6.18. The number of aryl methyl sites for hydroxylation is 1. The zero-order chi connectivity index (χ0) is 13.2. The highest BCUT2D eigenvalue weighted by Gasteiger charge is 2.17. The molecule has 0 unspecified atom stereocenters. The van der Waals surface area contributed by atoms with Crippen LogP contribution in [0.4, 0.5) is 5.95 Å². The van der Waals surface area contributed by atoms with Gasteiger partial charge in [0.15, 0.2) is 0 Å². The first-order chi connectivity index (χ1) is 9.22. The van der Waals surface area contributed by atoms with Gasteiger partial charge in [-0.25, -0.2) is 9.97 Å². The molecule has 2 aromatic rings. The van der Waals surface area contributed by atoms with Crippen molar-refractivity contribution in [2.24, 2.45) is 0 Å². The molecule has 0 radical (unpaired) electrons. The summed E-state index contributed by atoms with van der Waals surface area (Å²) in [5, 5.41) is 3.83. The van der Waals surface area contributed by atoms with Gasteiger partial charge in [-0.3, -0.25) is 0 Å². The Morgan fingerprint density at radius 2 is 1.95 bits per heavy atom. The fourth-order valence-electron chi connectivity index (χ4n) is 2.25. The van der Waals surface area contributed by atoms with Crippen molar-refractivity contribution in [1.82, 2.24) is 9.97 Å². The topological polar surface area (TPSA) is 37.8 Å². The monoisotopic (exact) mass is 337 g/mol. The summed E-state index contributed by atoms with van der Waals surface area (Å²) in [6, 6.07) is 8.17. The Bertz CT molecular complexity index is 598. The van der Waals surface area contributed by atoms with E-state index in [-0.39, 0.29) is 0 Å². The van der Waals surface area contributed by atoms with Crippen molar-refractivity contribution in [2.75, 3.05) is 5.32 Å². The predicted octanol–water partition coefficient (Wildman–Crippen LogP) is 3.99. The number of hydrogen-bond donors (Lipinski definition) is 1. The predicted molar refractivity (Wildman–Crippen MR) is 80.5 cm³/mol. The molecule has 1 aromatic heterocycles. The molecule has 0 saturated carbocycles. The van der Waals surface area contributed by atoms with Crippen LogP contribution in [0.25, 0.3) is 0 Å². The highest BCUT2D eigenvalue weighted by molar-refractivity contribution is 9.10. The van der Waals surface area contributed by atoms with E-state index in [1.54, 1.807) is 0 Å². The van der Waals surface area contributed by atoms with Gasteiger partial charge in [-0.2, -0.15) is 0 Å². The van der Waals surface area contributed by atoms with Gasteiger partial charge < -0.3 is 5.32 Å². The summed E-state index contributed by atoms with van der Waals surface area (Å²) in [5.41, 5.74) is 3.40. The summed E-state index contributed by atoms with van der Waals surface area (Å²) in [5.74, 6) is 0.619. The maximum absolute atomic E-state index is 6.18. The molecule has 0 amide bonds. The minimum Gasteiger partial charge on any atom is -0.350 e. The molecule has 1 aliphatic carbocycles. The third kappa shape index (κ3) is 2.90. The van der Waals surface area contributed by atoms with E-state index < -0.39 is 0 Å².